The normalized spacial score (nSPS) is 40.0. The van der Waals surface area contributed by atoms with Crippen molar-refractivity contribution in [2.75, 3.05) is 0 Å². The molecule has 1 aromatic heterocycles. The molecule has 4 aliphatic rings. The lowest BCUT2D eigenvalue weighted by atomic mass is 9.51. The maximum atomic E-state index is 5.91. The van der Waals surface area contributed by atoms with Crippen LogP contribution in [0.5, 0.6) is 0 Å². The average Bonchev–Trinajstić information content (AvgIpc) is 2.37. The number of hydrogen-bond donors (Lipinski definition) is 1. The molecule has 2 N–H and O–H groups in total. The van der Waals surface area contributed by atoms with Crippen LogP contribution in [0.2, 0.25) is 0 Å². The lowest BCUT2D eigenvalue weighted by molar-refractivity contribution is -0.00422. The lowest BCUT2D eigenvalue weighted by Gasteiger charge is -2.54. The van der Waals surface area contributed by atoms with Crippen molar-refractivity contribution in [3.05, 3.63) is 23.8 Å². The first kappa shape index (κ1) is 12.8. The fourth-order valence-electron chi connectivity index (χ4n) is 5.45. The van der Waals surface area contributed by atoms with Crippen molar-refractivity contribution in [3.63, 3.8) is 0 Å². The van der Waals surface area contributed by atoms with Crippen LogP contribution in [0.3, 0.4) is 0 Å². The number of nitrogens with two attached hydrogens (primary N) is 1. The summed E-state index contributed by atoms with van der Waals surface area (Å²) < 4.78 is 0. The van der Waals surface area contributed by atoms with Crippen molar-refractivity contribution in [2.24, 2.45) is 29.4 Å². The standard InChI is InChI=1S/C17H25N3/c1-10(18)2-15-8-16(20-9-19-15)17-13-4-11-3-12(6-13)7-14(17)5-11/h8-14,17H,2-7,18H2,1H3. The van der Waals surface area contributed by atoms with E-state index in [1.54, 1.807) is 6.33 Å². The van der Waals surface area contributed by atoms with E-state index in [1.807, 2.05) is 6.92 Å². The maximum absolute atomic E-state index is 5.91. The molecule has 1 unspecified atom stereocenters. The highest BCUT2D eigenvalue weighted by molar-refractivity contribution is 5.19. The number of nitrogens with zero attached hydrogens (tertiary/aromatic N) is 2. The van der Waals surface area contributed by atoms with E-state index in [0.717, 1.165) is 35.8 Å². The molecule has 1 aromatic rings. The molecule has 0 aliphatic heterocycles. The first-order valence-corrected chi connectivity index (χ1v) is 8.25. The van der Waals surface area contributed by atoms with Crippen LogP contribution < -0.4 is 5.73 Å². The Balaban J connectivity index is 1.61. The summed E-state index contributed by atoms with van der Waals surface area (Å²) in [6.07, 6.45) is 9.93. The minimum Gasteiger partial charge on any atom is -0.328 e. The van der Waals surface area contributed by atoms with Gasteiger partial charge in [0.2, 0.25) is 0 Å². The van der Waals surface area contributed by atoms with Gasteiger partial charge in [0, 0.05) is 29.8 Å². The summed E-state index contributed by atoms with van der Waals surface area (Å²) in [5, 5.41) is 0. The van der Waals surface area contributed by atoms with Crippen molar-refractivity contribution in [1.82, 2.24) is 9.97 Å². The molecule has 0 spiro atoms. The molecule has 0 aromatic carbocycles. The molecule has 3 nitrogen and oxygen atoms in total. The fraction of sp³-hybridized carbons (Fsp3) is 0.765. The Labute approximate surface area is 121 Å². The molecule has 1 heterocycles. The summed E-state index contributed by atoms with van der Waals surface area (Å²) in [4.78, 5) is 9.04. The second kappa shape index (κ2) is 4.80. The smallest absolute Gasteiger partial charge is 0.115 e. The Bertz CT molecular complexity index is 469. The van der Waals surface area contributed by atoms with Crippen LogP contribution in [-0.2, 0) is 6.42 Å². The molecule has 4 bridgehead atoms. The Morgan fingerprint density at radius 1 is 1.10 bits per heavy atom. The van der Waals surface area contributed by atoms with E-state index in [4.69, 9.17) is 5.73 Å². The Hall–Kier alpha value is -0.960. The van der Waals surface area contributed by atoms with Crippen molar-refractivity contribution in [2.45, 2.75) is 57.4 Å². The SMILES string of the molecule is CC(N)Cc1cc(C2C3CC4CC(C3)CC2C4)ncn1. The zero-order valence-corrected chi connectivity index (χ0v) is 12.3. The number of rotatable bonds is 3. The minimum absolute atomic E-state index is 0.177. The van der Waals surface area contributed by atoms with Gasteiger partial charge in [-0.15, -0.1) is 0 Å². The molecular formula is C17H25N3. The highest BCUT2D eigenvalue weighted by Gasteiger charge is 2.49. The van der Waals surface area contributed by atoms with Crippen LogP contribution in [0.4, 0.5) is 0 Å². The van der Waals surface area contributed by atoms with E-state index in [-0.39, 0.29) is 6.04 Å². The Kier molecular flexibility index (Phi) is 3.06. The van der Waals surface area contributed by atoms with Gasteiger partial charge in [0.15, 0.2) is 0 Å². The van der Waals surface area contributed by atoms with Gasteiger partial charge in [-0.3, -0.25) is 0 Å². The second-order valence-corrected chi connectivity index (χ2v) is 7.57. The highest BCUT2D eigenvalue weighted by atomic mass is 14.9. The van der Waals surface area contributed by atoms with Crippen molar-refractivity contribution in [3.8, 4) is 0 Å². The number of hydrogen-bond acceptors (Lipinski definition) is 3. The molecule has 0 saturated heterocycles. The van der Waals surface area contributed by atoms with Crippen LogP contribution in [-0.4, -0.2) is 16.0 Å². The van der Waals surface area contributed by atoms with Crippen molar-refractivity contribution < 1.29 is 0 Å². The quantitative estimate of drug-likeness (QED) is 0.919. The van der Waals surface area contributed by atoms with Gasteiger partial charge in [-0.1, -0.05) is 0 Å². The van der Waals surface area contributed by atoms with E-state index < -0.39 is 0 Å². The van der Waals surface area contributed by atoms with E-state index in [2.05, 4.69) is 16.0 Å². The van der Waals surface area contributed by atoms with Crippen LogP contribution in [0, 0.1) is 23.7 Å². The molecule has 3 heteroatoms. The van der Waals surface area contributed by atoms with Crippen LogP contribution in [0.25, 0.3) is 0 Å². The summed E-state index contributed by atoms with van der Waals surface area (Å²) in [6, 6.07) is 2.42. The molecule has 4 saturated carbocycles. The predicted octanol–water partition coefficient (Wildman–Crippen LogP) is 2.91. The first-order valence-electron chi connectivity index (χ1n) is 8.25. The fourth-order valence-corrected chi connectivity index (χ4v) is 5.45. The molecular weight excluding hydrogens is 246 g/mol. The van der Waals surface area contributed by atoms with Crippen LogP contribution in [0.15, 0.2) is 12.4 Å². The molecule has 5 rings (SSSR count). The summed E-state index contributed by atoms with van der Waals surface area (Å²) in [5.74, 6) is 4.55. The predicted molar refractivity (Wildman–Crippen MR) is 79.2 cm³/mol. The summed E-state index contributed by atoms with van der Waals surface area (Å²) >= 11 is 0. The van der Waals surface area contributed by atoms with E-state index in [0.29, 0.717) is 5.92 Å². The third-order valence-electron chi connectivity index (χ3n) is 5.84. The Morgan fingerprint density at radius 3 is 2.35 bits per heavy atom. The topological polar surface area (TPSA) is 51.8 Å². The molecule has 20 heavy (non-hydrogen) atoms. The highest BCUT2D eigenvalue weighted by Crippen LogP contribution is 2.59. The van der Waals surface area contributed by atoms with Gasteiger partial charge >= 0.3 is 0 Å². The summed E-state index contributed by atoms with van der Waals surface area (Å²) in [6.45, 7) is 2.05. The summed E-state index contributed by atoms with van der Waals surface area (Å²) in [7, 11) is 0. The molecule has 108 valence electrons. The third-order valence-corrected chi connectivity index (χ3v) is 5.84. The Morgan fingerprint density at radius 2 is 1.75 bits per heavy atom. The van der Waals surface area contributed by atoms with E-state index in [1.165, 1.54) is 37.8 Å². The van der Waals surface area contributed by atoms with Crippen molar-refractivity contribution >= 4 is 0 Å². The van der Waals surface area contributed by atoms with E-state index in [9.17, 15) is 0 Å². The molecule has 4 aliphatic carbocycles. The lowest BCUT2D eigenvalue weighted by Crippen LogP contribution is -2.44. The third kappa shape index (κ3) is 2.16. The van der Waals surface area contributed by atoms with Crippen LogP contribution in [0.1, 0.15) is 56.3 Å². The van der Waals surface area contributed by atoms with Gasteiger partial charge in [-0.2, -0.15) is 0 Å². The number of aromatic nitrogens is 2. The second-order valence-electron chi connectivity index (χ2n) is 7.57. The monoisotopic (exact) mass is 271 g/mol. The molecule has 0 amide bonds. The van der Waals surface area contributed by atoms with Gasteiger partial charge in [-0.05, 0) is 68.8 Å². The summed E-state index contributed by atoms with van der Waals surface area (Å²) in [5.41, 5.74) is 8.34. The van der Waals surface area contributed by atoms with Gasteiger partial charge in [0.05, 0.1) is 0 Å². The van der Waals surface area contributed by atoms with Gasteiger partial charge in [0.1, 0.15) is 6.33 Å². The van der Waals surface area contributed by atoms with Gasteiger partial charge < -0.3 is 5.73 Å². The van der Waals surface area contributed by atoms with E-state index >= 15 is 0 Å². The molecule has 4 fully saturated rings. The van der Waals surface area contributed by atoms with Crippen molar-refractivity contribution in [1.29, 1.82) is 0 Å². The maximum Gasteiger partial charge on any atom is 0.115 e. The van der Waals surface area contributed by atoms with Crippen LogP contribution >= 0.6 is 0 Å². The largest absolute Gasteiger partial charge is 0.328 e. The van der Waals surface area contributed by atoms with Gasteiger partial charge in [-0.25, -0.2) is 9.97 Å². The molecule has 0 radical (unpaired) electrons. The zero-order valence-electron chi connectivity index (χ0n) is 12.3. The first-order chi connectivity index (χ1) is 9.69. The molecule has 1 atom stereocenters. The minimum atomic E-state index is 0.177. The van der Waals surface area contributed by atoms with Gasteiger partial charge in [0.25, 0.3) is 0 Å². The zero-order chi connectivity index (χ0) is 13.7. The average molecular weight is 271 g/mol.